The Bertz CT molecular complexity index is 702. The maximum atomic E-state index is 10.5. The van der Waals surface area contributed by atoms with Crippen LogP contribution in [0.1, 0.15) is 23.1 Å². The molecule has 94 valence electrons. The number of fused-ring (bicyclic) bond motifs is 1. The third-order valence-corrected chi connectivity index (χ3v) is 3.21. The van der Waals surface area contributed by atoms with Gasteiger partial charge in [0.1, 0.15) is 6.10 Å². The van der Waals surface area contributed by atoms with Crippen LogP contribution in [0, 0.1) is 6.92 Å². The third-order valence-electron chi connectivity index (χ3n) is 3.21. The van der Waals surface area contributed by atoms with Crippen LogP contribution in [0.15, 0.2) is 54.9 Å². The highest BCUT2D eigenvalue weighted by molar-refractivity contribution is 5.84. The van der Waals surface area contributed by atoms with Gasteiger partial charge < -0.3 is 5.11 Å². The first-order chi connectivity index (χ1) is 9.25. The maximum absolute atomic E-state index is 10.5. The van der Waals surface area contributed by atoms with E-state index in [1.807, 2.05) is 49.4 Å². The molecule has 0 amide bonds. The van der Waals surface area contributed by atoms with Crippen LogP contribution in [0.25, 0.3) is 10.8 Å². The van der Waals surface area contributed by atoms with Crippen molar-refractivity contribution in [1.82, 2.24) is 9.97 Å². The van der Waals surface area contributed by atoms with E-state index in [4.69, 9.17) is 0 Å². The lowest BCUT2D eigenvalue weighted by Gasteiger charge is -2.12. The van der Waals surface area contributed by atoms with Crippen LogP contribution in [-0.4, -0.2) is 15.1 Å². The fourth-order valence-electron chi connectivity index (χ4n) is 2.16. The lowest BCUT2D eigenvalue weighted by Crippen LogP contribution is -2.03. The number of aliphatic hydroxyl groups is 1. The van der Waals surface area contributed by atoms with Crippen LogP contribution in [-0.2, 0) is 0 Å². The van der Waals surface area contributed by atoms with E-state index in [1.165, 1.54) is 0 Å². The molecule has 2 aromatic heterocycles. The first-order valence-corrected chi connectivity index (χ1v) is 6.20. The Hall–Kier alpha value is -2.26. The lowest BCUT2D eigenvalue weighted by molar-refractivity contribution is 0.216. The fraction of sp³-hybridized carbons (Fsp3) is 0.125. The van der Waals surface area contributed by atoms with E-state index in [0.717, 1.165) is 22.0 Å². The van der Waals surface area contributed by atoms with E-state index in [2.05, 4.69) is 9.97 Å². The number of rotatable bonds is 2. The van der Waals surface area contributed by atoms with Crippen LogP contribution >= 0.6 is 0 Å². The summed E-state index contributed by atoms with van der Waals surface area (Å²) in [4.78, 5) is 8.55. The zero-order chi connectivity index (χ0) is 13.2. The van der Waals surface area contributed by atoms with Gasteiger partial charge in [-0.15, -0.1) is 0 Å². The number of hydrogen-bond donors (Lipinski definition) is 1. The molecule has 3 rings (SSSR count). The molecule has 0 bridgehead atoms. The molecule has 0 saturated carbocycles. The number of nitrogens with zero attached hydrogens (tertiary/aromatic N) is 2. The first kappa shape index (κ1) is 11.8. The summed E-state index contributed by atoms with van der Waals surface area (Å²) in [6.07, 6.45) is 2.67. The monoisotopic (exact) mass is 250 g/mol. The third kappa shape index (κ3) is 2.20. The number of aromatic nitrogens is 2. The molecule has 0 aliphatic carbocycles. The lowest BCUT2D eigenvalue weighted by atomic mass is 10.0. The number of benzene rings is 1. The average molecular weight is 250 g/mol. The molecule has 1 aromatic carbocycles. The van der Waals surface area contributed by atoms with E-state index in [9.17, 15) is 5.11 Å². The van der Waals surface area contributed by atoms with Gasteiger partial charge >= 0.3 is 0 Å². The second-order valence-electron chi connectivity index (χ2n) is 4.55. The standard InChI is InChI=1S/C16H14N2O/c1-11-6-7-13(10-18-11)16(19)15-14-5-3-2-4-12(14)8-9-17-15/h2-10,16,19H,1H3. The molecule has 0 aliphatic heterocycles. The molecule has 0 fully saturated rings. The molecule has 3 nitrogen and oxygen atoms in total. The van der Waals surface area contributed by atoms with Gasteiger partial charge in [0.2, 0.25) is 0 Å². The predicted octanol–water partition coefficient (Wildman–Crippen LogP) is 3.02. The maximum Gasteiger partial charge on any atom is 0.123 e. The summed E-state index contributed by atoms with van der Waals surface area (Å²) in [6, 6.07) is 13.6. The molecule has 19 heavy (non-hydrogen) atoms. The largest absolute Gasteiger partial charge is 0.382 e. The first-order valence-electron chi connectivity index (χ1n) is 6.20. The van der Waals surface area contributed by atoms with E-state index >= 15 is 0 Å². The van der Waals surface area contributed by atoms with Gasteiger partial charge in [-0.05, 0) is 24.4 Å². The average Bonchev–Trinajstić information content (AvgIpc) is 2.47. The van der Waals surface area contributed by atoms with Crippen molar-refractivity contribution >= 4 is 10.8 Å². The Morgan fingerprint density at radius 1 is 1.00 bits per heavy atom. The van der Waals surface area contributed by atoms with E-state index in [0.29, 0.717) is 5.69 Å². The minimum atomic E-state index is -0.751. The quantitative estimate of drug-likeness (QED) is 0.760. The SMILES string of the molecule is Cc1ccc(C(O)c2nccc3ccccc23)cn1. The van der Waals surface area contributed by atoms with Crippen LogP contribution in [0.5, 0.6) is 0 Å². The van der Waals surface area contributed by atoms with Crippen molar-refractivity contribution in [3.63, 3.8) is 0 Å². The molecule has 1 atom stereocenters. The van der Waals surface area contributed by atoms with Gasteiger partial charge in [-0.2, -0.15) is 0 Å². The molecule has 1 unspecified atom stereocenters. The molecule has 1 N–H and O–H groups in total. The van der Waals surface area contributed by atoms with Gasteiger partial charge in [0.05, 0.1) is 5.69 Å². The molecule has 0 saturated heterocycles. The van der Waals surface area contributed by atoms with Crippen molar-refractivity contribution in [3.8, 4) is 0 Å². The van der Waals surface area contributed by atoms with Crippen molar-refractivity contribution in [3.05, 3.63) is 71.8 Å². The smallest absolute Gasteiger partial charge is 0.123 e. The number of aliphatic hydroxyl groups excluding tert-OH is 1. The molecule has 0 spiro atoms. The van der Waals surface area contributed by atoms with E-state index < -0.39 is 6.10 Å². The van der Waals surface area contributed by atoms with Crippen molar-refractivity contribution in [2.24, 2.45) is 0 Å². The minimum absolute atomic E-state index is 0.670. The second-order valence-corrected chi connectivity index (χ2v) is 4.55. The van der Waals surface area contributed by atoms with Crippen LogP contribution < -0.4 is 0 Å². The highest BCUT2D eigenvalue weighted by Crippen LogP contribution is 2.26. The normalized spacial score (nSPS) is 12.5. The number of hydrogen-bond acceptors (Lipinski definition) is 3. The van der Waals surface area contributed by atoms with E-state index in [-0.39, 0.29) is 0 Å². The van der Waals surface area contributed by atoms with Crippen LogP contribution in [0.3, 0.4) is 0 Å². The number of pyridine rings is 2. The Morgan fingerprint density at radius 2 is 1.84 bits per heavy atom. The van der Waals surface area contributed by atoms with Crippen LogP contribution in [0.2, 0.25) is 0 Å². The highest BCUT2D eigenvalue weighted by Gasteiger charge is 2.15. The summed E-state index contributed by atoms with van der Waals surface area (Å²) < 4.78 is 0. The minimum Gasteiger partial charge on any atom is -0.382 e. The summed E-state index contributed by atoms with van der Waals surface area (Å²) in [5, 5.41) is 12.5. The summed E-state index contributed by atoms with van der Waals surface area (Å²) in [5.74, 6) is 0. The zero-order valence-electron chi connectivity index (χ0n) is 10.6. The Morgan fingerprint density at radius 3 is 2.63 bits per heavy atom. The topological polar surface area (TPSA) is 46.0 Å². The van der Waals surface area contributed by atoms with Gasteiger partial charge in [-0.25, -0.2) is 0 Å². The number of aryl methyl sites for hydroxylation is 1. The summed E-state index contributed by atoms with van der Waals surface area (Å²) in [5.41, 5.74) is 2.36. The molecule has 0 radical (unpaired) electrons. The van der Waals surface area contributed by atoms with Crippen molar-refractivity contribution < 1.29 is 5.11 Å². The van der Waals surface area contributed by atoms with Gasteiger partial charge in [-0.3, -0.25) is 9.97 Å². The Balaban J connectivity index is 2.11. The van der Waals surface area contributed by atoms with Gasteiger partial charge in [0, 0.05) is 29.0 Å². The predicted molar refractivity (Wildman–Crippen MR) is 74.8 cm³/mol. The summed E-state index contributed by atoms with van der Waals surface area (Å²) in [7, 11) is 0. The Kier molecular flexibility index (Phi) is 2.97. The van der Waals surface area contributed by atoms with E-state index in [1.54, 1.807) is 12.4 Å². The van der Waals surface area contributed by atoms with Crippen molar-refractivity contribution in [2.75, 3.05) is 0 Å². The van der Waals surface area contributed by atoms with Gasteiger partial charge in [-0.1, -0.05) is 30.3 Å². The fourth-order valence-corrected chi connectivity index (χ4v) is 2.16. The molecule has 2 heterocycles. The Labute approximate surface area is 111 Å². The van der Waals surface area contributed by atoms with Gasteiger partial charge in [0.25, 0.3) is 0 Å². The molecule has 0 aliphatic rings. The molecule has 3 aromatic rings. The molecule has 3 heteroatoms. The summed E-state index contributed by atoms with van der Waals surface area (Å²) in [6.45, 7) is 1.92. The van der Waals surface area contributed by atoms with Crippen molar-refractivity contribution in [2.45, 2.75) is 13.0 Å². The zero-order valence-corrected chi connectivity index (χ0v) is 10.6. The second kappa shape index (κ2) is 4.78. The summed E-state index contributed by atoms with van der Waals surface area (Å²) >= 11 is 0. The van der Waals surface area contributed by atoms with Crippen molar-refractivity contribution in [1.29, 1.82) is 0 Å². The molecular weight excluding hydrogens is 236 g/mol. The van der Waals surface area contributed by atoms with Gasteiger partial charge in [0.15, 0.2) is 0 Å². The highest BCUT2D eigenvalue weighted by atomic mass is 16.3. The molecular formula is C16H14N2O. The van der Waals surface area contributed by atoms with Crippen LogP contribution in [0.4, 0.5) is 0 Å².